The Morgan fingerprint density at radius 2 is 1.26 bits per heavy atom. The number of aliphatic carboxylic acids is 2. The van der Waals surface area contributed by atoms with Crippen LogP contribution in [0.3, 0.4) is 0 Å². The van der Waals surface area contributed by atoms with E-state index in [1.807, 2.05) is 6.92 Å². The standard InChI is InChI=1S/C20H36N4O7/c1-6-10(3)15(23-17(27)12(5)21)19(29)22-13(8-9-14(25)26)18(28)24-16(20(30)31)11(4)7-2/h10-13,15-16H,6-9,21H2,1-5H3,(H,22,29)(H,23,27)(H,24,28)(H,25,26)(H,30,31). The number of rotatable bonds is 14. The van der Waals surface area contributed by atoms with E-state index in [4.69, 9.17) is 10.8 Å². The Balaban J connectivity index is 5.60. The Hall–Kier alpha value is -2.69. The number of carboxylic acids is 2. The van der Waals surface area contributed by atoms with Gasteiger partial charge in [0, 0.05) is 6.42 Å². The van der Waals surface area contributed by atoms with E-state index in [9.17, 15) is 29.1 Å². The lowest BCUT2D eigenvalue weighted by Crippen LogP contribution is -2.58. The molecule has 7 N–H and O–H groups in total. The van der Waals surface area contributed by atoms with Crippen molar-refractivity contribution >= 4 is 29.7 Å². The Morgan fingerprint density at radius 3 is 1.68 bits per heavy atom. The fourth-order valence-electron chi connectivity index (χ4n) is 2.72. The number of hydrogen-bond acceptors (Lipinski definition) is 6. The summed E-state index contributed by atoms with van der Waals surface area (Å²) in [4.78, 5) is 60.1. The molecule has 0 aromatic rings. The second-order valence-corrected chi connectivity index (χ2v) is 7.86. The summed E-state index contributed by atoms with van der Waals surface area (Å²) in [7, 11) is 0. The summed E-state index contributed by atoms with van der Waals surface area (Å²) in [6, 6.07) is -4.32. The molecule has 0 heterocycles. The molecule has 0 fully saturated rings. The fourth-order valence-corrected chi connectivity index (χ4v) is 2.72. The summed E-state index contributed by atoms with van der Waals surface area (Å²) in [5, 5.41) is 25.8. The van der Waals surface area contributed by atoms with Crippen LogP contribution in [0, 0.1) is 11.8 Å². The molecule has 0 saturated carbocycles. The van der Waals surface area contributed by atoms with E-state index in [0.29, 0.717) is 12.8 Å². The van der Waals surface area contributed by atoms with Crippen molar-refractivity contribution in [2.75, 3.05) is 0 Å². The molecule has 0 aromatic carbocycles. The van der Waals surface area contributed by atoms with Crippen LogP contribution in [0.25, 0.3) is 0 Å². The van der Waals surface area contributed by atoms with Gasteiger partial charge in [0.25, 0.3) is 0 Å². The SMILES string of the molecule is CCC(C)C(NC(=O)C(CCC(=O)O)NC(=O)C(NC(=O)C(C)N)C(C)CC)C(=O)O. The first kappa shape index (κ1) is 28.3. The summed E-state index contributed by atoms with van der Waals surface area (Å²) in [5.74, 6) is -5.10. The molecule has 6 atom stereocenters. The first-order chi connectivity index (χ1) is 14.3. The van der Waals surface area contributed by atoms with E-state index in [1.54, 1.807) is 20.8 Å². The zero-order valence-electron chi connectivity index (χ0n) is 18.8. The summed E-state index contributed by atoms with van der Waals surface area (Å²) in [6.07, 6.45) is 0.370. The topological polar surface area (TPSA) is 188 Å². The molecule has 0 aliphatic rings. The number of hydrogen-bond donors (Lipinski definition) is 6. The highest BCUT2D eigenvalue weighted by Crippen LogP contribution is 2.11. The second-order valence-electron chi connectivity index (χ2n) is 7.86. The molecule has 0 aliphatic heterocycles. The van der Waals surface area contributed by atoms with E-state index in [0.717, 1.165) is 0 Å². The van der Waals surface area contributed by atoms with Gasteiger partial charge in [-0.25, -0.2) is 4.79 Å². The highest BCUT2D eigenvalue weighted by Gasteiger charge is 2.33. The van der Waals surface area contributed by atoms with E-state index >= 15 is 0 Å². The lowest BCUT2D eigenvalue weighted by molar-refractivity contribution is -0.144. The van der Waals surface area contributed by atoms with Gasteiger partial charge in [0.05, 0.1) is 6.04 Å². The van der Waals surface area contributed by atoms with Gasteiger partial charge in [-0.05, 0) is 25.2 Å². The van der Waals surface area contributed by atoms with Gasteiger partial charge in [0.2, 0.25) is 17.7 Å². The molecule has 0 radical (unpaired) electrons. The van der Waals surface area contributed by atoms with Crippen LogP contribution in [0.15, 0.2) is 0 Å². The molecule has 0 bridgehead atoms. The van der Waals surface area contributed by atoms with Crippen molar-refractivity contribution in [3.8, 4) is 0 Å². The fraction of sp³-hybridized carbons (Fsp3) is 0.750. The molecule has 11 heteroatoms. The van der Waals surface area contributed by atoms with Crippen molar-refractivity contribution in [2.45, 2.75) is 84.5 Å². The molecule has 0 rings (SSSR count). The molecule has 0 aromatic heterocycles. The van der Waals surface area contributed by atoms with Gasteiger partial charge in [-0.3, -0.25) is 19.2 Å². The van der Waals surface area contributed by atoms with Crippen LogP contribution in [0.5, 0.6) is 0 Å². The zero-order valence-corrected chi connectivity index (χ0v) is 18.8. The van der Waals surface area contributed by atoms with Gasteiger partial charge in [0.15, 0.2) is 0 Å². The molecule has 6 unspecified atom stereocenters. The maximum Gasteiger partial charge on any atom is 0.326 e. The van der Waals surface area contributed by atoms with Crippen LogP contribution in [0.4, 0.5) is 0 Å². The lowest BCUT2D eigenvalue weighted by atomic mass is 9.96. The number of carboxylic acid groups (broad SMARTS) is 2. The third-order valence-corrected chi connectivity index (χ3v) is 5.26. The van der Waals surface area contributed by atoms with Crippen LogP contribution >= 0.6 is 0 Å². The minimum Gasteiger partial charge on any atom is -0.481 e. The predicted octanol–water partition coefficient (Wildman–Crippen LogP) is -0.170. The first-order valence-corrected chi connectivity index (χ1v) is 10.5. The van der Waals surface area contributed by atoms with E-state index < -0.39 is 60.2 Å². The Labute approximate surface area is 182 Å². The summed E-state index contributed by atoms with van der Waals surface area (Å²) in [6.45, 7) is 8.45. The lowest BCUT2D eigenvalue weighted by Gasteiger charge is -2.28. The first-order valence-electron chi connectivity index (χ1n) is 10.5. The van der Waals surface area contributed by atoms with Gasteiger partial charge in [0.1, 0.15) is 18.1 Å². The van der Waals surface area contributed by atoms with Gasteiger partial charge in [-0.2, -0.15) is 0 Å². The van der Waals surface area contributed by atoms with Crippen molar-refractivity contribution in [1.29, 1.82) is 0 Å². The molecule has 178 valence electrons. The predicted molar refractivity (Wildman–Crippen MR) is 113 cm³/mol. The number of nitrogens with one attached hydrogen (secondary N) is 3. The molecule has 3 amide bonds. The third kappa shape index (κ3) is 9.77. The Kier molecular flexibility index (Phi) is 12.4. The summed E-state index contributed by atoms with van der Waals surface area (Å²) < 4.78 is 0. The minimum absolute atomic E-state index is 0.242. The molecule has 31 heavy (non-hydrogen) atoms. The third-order valence-electron chi connectivity index (χ3n) is 5.26. The van der Waals surface area contributed by atoms with Crippen LogP contribution < -0.4 is 21.7 Å². The van der Waals surface area contributed by atoms with Crippen molar-refractivity contribution in [3.63, 3.8) is 0 Å². The van der Waals surface area contributed by atoms with Crippen molar-refractivity contribution < 1.29 is 34.2 Å². The van der Waals surface area contributed by atoms with Crippen molar-refractivity contribution in [1.82, 2.24) is 16.0 Å². The number of carbonyl (C=O) groups excluding carboxylic acids is 3. The quantitative estimate of drug-likeness (QED) is 0.213. The number of nitrogens with two attached hydrogens (primary N) is 1. The van der Waals surface area contributed by atoms with Gasteiger partial charge in [-0.1, -0.05) is 40.5 Å². The highest BCUT2D eigenvalue weighted by atomic mass is 16.4. The second kappa shape index (κ2) is 13.6. The molecule has 0 aliphatic carbocycles. The average molecular weight is 445 g/mol. The smallest absolute Gasteiger partial charge is 0.326 e. The molecule has 11 nitrogen and oxygen atoms in total. The van der Waals surface area contributed by atoms with Crippen LogP contribution in [-0.2, 0) is 24.0 Å². The number of amides is 3. The Bertz CT molecular complexity index is 653. The molecule has 0 spiro atoms. The zero-order chi connectivity index (χ0) is 24.3. The van der Waals surface area contributed by atoms with E-state index in [2.05, 4.69) is 16.0 Å². The summed E-state index contributed by atoms with van der Waals surface area (Å²) in [5.41, 5.74) is 5.55. The average Bonchev–Trinajstić information content (AvgIpc) is 2.70. The molecule has 0 saturated heterocycles. The Morgan fingerprint density at radius 1 is 0.774 bits per heavy atom. The van der Waals surface area contributed by atoms with Crippen molar-refractivity contribution in [2.24, 2.45) is 17.6 Å². The van der Waals surface area contributed by atoms with Gasteiger partial charge < -0.3 is 31.9 Å². The molecular weight excluding hydrogens is 408 g/mol. The van der Waals surface area contributed by atoms with Crippen molar-refractivity contribution in [3.05, 3.63) is 0 Å². The normalized spacial score (nSPS) is 16.7. The highest BCUT2D eigenvalue weighted by molar-refractivity contribution is 5.94. The maximum absolute atomic E-state index is 12.9. The largest absolute Gasteiger partial charge is 0.481 e. The van der Waals surface area contributed by atoms with E-state index in [-0.39, 0.29) is 18.3 Å². The van der Waals surface area contributed by atoms with Crippen LogP contribution in [0.2, 0.25) is 0 Å². The monoisotopic (exact) mass is 444 g/mol. The summed E-state index contributed by atoms with van der Waals surface area (Å²) >= 11 is 0. The number of carbonyl (C=O) groups is 5. The molecular formula is C20H36N4O7. The van der Waals surface area contributed by atoms with Crippen LogP contribution in [-0.4, -0.2) is 64.0 Å². The maximum atomic E-state index is 12.9. The van der Waals surface area contributed by atoms with E-state index in [1.165, 1.54) is 6.92 Å². The van der Waals surface area contributed by atoms with Gasteiger partial charge in [-0.15, -0.1) is 0 Å². The minimum atomic E-state index is -1.28. The van der Waals surface area contributed by atoms with Gasteiger partial charge >= 0.3 is 11.9 Å². The van der Waals surface area contributed by atoms with Crippen LogP contribution in [0.1, 0.15) is 60.3 Å².